The van der Waals surface area contributed by atoms with Crippen LogP contribution in [0.15, 0.2) is 71.4 Å². The Bertz CT molecular complexity index is 733. The molecule has 0 bridgehead atoms. The highest BCUT2D eigenvalue weighted by atomic mass is 35.5. The van der Waals surface area contributed by atoms with Crippen molar-refractivity contribution in [1.82, 2.24) is 4.90 Å². The Morgan fingerprint density at radius 2 is 1.82 bits per heavy atom. The van der Waals surface area contributed by atoms with E-state index in [0.29, 0.717) is 0 Å². The zero-order valence-corrected chi connectivity index (χ0v) is 13.4. The summed E-state index contributed by atoms with van der Waals surface area (Å²) < 4.78 is 5.45. The Balaban J connectivity index is 0.00000176. The quantitative estimate of drug-likeness (QED) is 0.659. The number of rotatable bonds is 5. The molecule has 0 spiro atoms. The van der Waals surface area contributed by atoms with Gasteiger partial charge in [0.1, 0.15) is 5.58 Å². The molecule has 1 heterocycles. The highest BCUT2D eigenvalue weighted by molar-refractivity contribution is 5.85. The molecule has 0 unspecified atom stereocenters. The molecular weight excluding hydrogens is 294 g/mol. The van der Waals surface area contributed by atoms with Crippen LogP contribution in [0.1, 0.15) is 11.1 Å². The zero-order valence-electron chi connectivity index (χ0n) is 12.6. The van der Waals surface area contributed by atoms with Crippen LogP contribution in [-0.2, 0) is 6.54 Å². The minimum Gasteiger partial charge on any atom is -0.464 e. The summed E-state index contributed by atoms with van der Waals surface area (Å²) in [5.41, 5.74) is 3.50. The first-order chi connectivity index (χ1) is 10.3. The largest absolute Gasteiger partial charge is 0.464 e. The molecule has 2 aromatic carbocycles. The fourth-order valence-electron chi connectivity index (χ4n) is 2.48. The third-order valence-corrected chi connectivity index (χ3v) is 3.55. The maximum Gasteiger partial charge on any atom is 0.134 e. The van der Waals surface area contributed by atoms with Gasteiger partial charge in [-0.15, -0.1) is 12.4 Å². The van der Waals surface area contributed by atoms with Crippen LogP contribution >= 0.6 is 12.4 Å². The number of benzene rings is 2. The van der Waals surface area contributed by atoms with Crippen LogP contribution in [0.5, 0.6) is 0 Å². The van der Waals surface area contributed by atoms with Gasteiger partial charge in [0.25, 0.3) is 0 Å². The molecule has 0 aliphatic carbocycles. The minimum absolute atomic E-state index is 0. The molecule has 22 heavy (non-hydrogen) atoms. The van der Waals surface area contributed by atoms with Gasteiger partial charge >= 0.3 is 0 Å². The van der Waals surface area contributed by atoms with E-state index in [1.54, 1.807) is 6.26 Å². The number of halogens is 1. The molecule has 3 aromatic rings. The summed E-state index contributed by atoms with van der Waals surface area (Å²) in [6.45, 7) is 1.83. The third kappa shape index (κ3) is 4.00. The first kappa shape index (κ1) is 16.3. The van der Waals surface area contributed by atoms with Crippen LogP contribution in [0.25, 0.3) is 17.0 Å². The number of likely N-dealkylation sites (N-methyl/N-ethyl adjacent to an activating group) is 1. The fraction of sp³-hybridized carbons (Fsp3) is 0.158. The molecule has 2 nitrogen and oxygen atoms in total. The van der Waals surface area contributed by atoms with Gasteiger partial charge in [0, 0.05) is 18.5 Å². The van der Waals surface area contributed by atoms with Crippen LogP contribution in [-0.4, -0.2) is 18.5 Å². The van der Waals surface area contributed by atoms with Gasteiger partial charge in [0.2, 0.25) is 0 Å². The lowest BCUT2D eigenvalue weighted by atomic mass is 10.1. The normalized spacial score (nSPS) is 11.2. The summed E-state index contributed by atoms with van der Waals surface area (Å²) in [4.78, 5) is 2.29. The van der Waals surface area contributed by atoms with Crippen molar-refractivity contribution in [3.8, 4) is 0 Å². The van der Waals surface area contributed by atoms with Gasteiger partial charge in [-0.25, -0.2) is 0 Å². The van der Waals surface area contributed by atoms with Crippen molar-refractivity contribution < 1.29 is 4.42 Å². The Morgan fingerprint density at radius 3 is 2.64 bits per heavy atom. The zero-order chi connectivity index (χ0) is 14.5. The summed E-state index contributed by atoms with van der Waals surface area (Å²) in [7, 11) is 2.13. The van der Waals surface area contributed by atoms with Crippen LogP contribution < -0.4 is 0 Å². The van der Waals surface area contributed by atoms with Gasteiger partial charge in [-0.05, 0) is 30.3 Å². The van der Waals surface area contributed by atoms with Gasteiger partial charge in [0.15, 0.2) is 0 Å². The Labute approximate surface area is 137 Å². The smallest absolute Gasteiger partial charge is 0.134 e. The van der Waals surface area contributed by atoms with E-state index in [0.717, 1.165) is 18.7 Å². The average Bonchev–Trinajstić information content (AvgIpc) is 2.98. The molecule has 3 heteroatoms. The summed E-state index contributed by atoms with van der Waals surface area (Å²) >= 11 is 0. The Morgan fingerprint density at radius 1 is 1.00 bits per heavy atom. The van der Waals surface area contributed by atoms with E-state index in [1.807, 2.05) is 18.2 Å². The van der Waals surface area contributed by atoms with E-state index in [2.05, 4.69) is 60.5 Å². The lowest BCUT2D eigenvalue weighted by molar-refractivity contribution is 0.365. The molecule has 0 atom stereocenters. The van der Waals surface area contributed by atoms with Crippen LogP contribution in [0.3, 0.4) is 0 Å². The Hall–Kier alpha value is -2.03. The van der Waals surface area contributed by atoms with E-state index < -0.39 is 0 Å². The number of hydrogen-bond acceptors (Lipinski definition) is 2. The molecule has 0 aliphatic heterocycles. The summed E-state index contributed by atoms with van der Waals surface area (Å²) in [5, 5.41) is 1.20. The highest BCUT2D eigenvalue weighted by Crippen LogP contribution is 2.20. The van der Waals surface area contributed by atoms with Crippen molar-refractivity contribution in [3.05, 3.63) is 78.1 Å². The molecular formula is C19H20ClNO. The molecule has 1 aromatic heterocycles. The van der Waals surface area contributed by atoms with E-state index in [1.165, 1.54) is 16.5 Å². The molecule has 0 N–H and O–H groups in total. The van der Waals surface area contributed by atoms with E-state index in [9.17, 15) is 0 Å². The summed E-state index contributed by atoms with van der Waals surface area (Å²) in [6.07, 6.45) is 6.11. The first-order valence-electron chi connectivity index (χ1n) is 7.18. The second kappa shape index (κ2) is 7.83. The highest BCUT2D eigenvalue weighted by Gasteiger charge is 2.05. The van der Waals surface area contributed by atoms with Gasteiger partial charge in [-0.2, -0.15) is 0 Å². The average molecular weight is 314 g/mol. The topological polar surface area (TPSA) is 16.4 Å². The molecule has 3 rings (SSSR count). The molecule has 0 saturated carbocycles. The second-order valence-corrected chi connectivity index (χ2v) is 5.26. The maximum absolute atomic E-state index is 5.45. The lowest BCUT2D eigenvalue weighted by Crippen LogP contribution is -2.17. The monoisotopic (exact) mass is 313 g/mol. The van der Waals surface area contributed by atoms with Gasteiger partial charge in [-0.1, -0.05) is 54.6 Å². The molecule has 0 amide bonds. The summed E-state index contributed by atoms with van der Waals surface area (Å²) in [6, 6.07) is 18.6. The maximum atomic E-state index is 5.45. The molecule has 0 fully saturated rings. The van der Waals surface area contributed by atoms with Crippen molar-refractivity contribution >= 4 is 29.5 Å². The van der Waals surface area contributed by atoms with Gasteiger partial charge < -0.3 is 4.42 Å². The standard InChI is InChI=1S/C19H19NO.ClH/c1-20(13-6-9-16-7-3-2-4-8-16)15-17-10-5-11-19-18(17)12-14-21-19;/h2-12,14H,13,15H2,1H3;1H/b9-6+;. The van der Waals surface area contributed by atoms with Crippen molar-refractivity contribution in [3.63, 3.8) is 0 Å². The van der Waals surface area contributed by atoms with E-state index >= 15 is 0 Å². The van der Waals surface area contributed by atoms with E-state index in [4.69, 9.17) is 4.42 Å². The molecule has 114 valence electrons. The van der Waals surface area contributed by atoms with Crippen LogP contribution in [0.4, 0.5) is 0 Å². The van der Waals surface area contributed by atoms with E-state index in [-0.39, 0.29) is 12.4 Å². The van der Waals surface area contributed by atoms with Gasteiger partial charge in [-0.3, -0.25) is 4.90 Å². The van der Waals surface area contributed by atoms with Crippen molar-refractivity contribution in [1.29, 1.82) is 0 Å². The predicted molar refractivity (Wildman–Crippen MR) is 95.3 cm³/mol. The third-order valence-electron chi connectivity index (χ3n) is 3.55. The van der Waals surface area contributed by atoms with Gasteiger partial charge in [0.05, 0.1) is 6.26 Å². The second-order valence-electron chi connectivity index (χ2n) is 5.26. The predicted octanol–water partition coefficient (Wildman–Crippen LogP) is 5.00. The summed E-state index contributed by atoms with van der Waals surface area (Å²) in [5.74, 6) is 0. The van der Waals surface area contributed by atoms with Crippen molar-refractivity contribution in [2.45, 2.75) is 6.54 Å². The number of nitrogens with zero attached hydrogens (tertiary/aromatic N) is 1. The molecule has 0 aliphatic rings. The number of hydrogen-bond donors (Lipinski definition) is 0. The number of furan rings is 1. The van der Waals surface area contributed by atoms with Crippen molar-refractivity contribution in [2.24, 2.45) is 0 Å². The Kier molecular flexibility index (Phi) is 5.82. The lowest BCUT2D eigenvalue weighted by Gasteiger charge is -2.14. The van der Waals surface area contributed by atoms with Crippen LogP contribution in [0, 0.1) is 0 Å². The van der Waals surface area contributed by atoms with Crippen molar-refractivity contribution in [2.75, 3.05) is 13.6 Å². The number of fused-ring (bicyclic) bond motifs is 1. The fourth-order valence-corrected chi connectivity index (χ4v) is 2.48. The molecule has 0 radical (unpaired) electrons. The molecule has 0 saturated heterocycles. The SMILES string of the molecule is CN(C/C=C/c1ccccc1)Cc1cccc2occc12.Cl. The minimum atomic E-state index is 0. The van der Waals surface area contributed by atoms with Crippen LogP contribution in [0.2, 0.25) is 0 Å². The first-order valence-corrected chi connectivity index (χ1v) is 7.18.